The van der Waals surface area contributed by atoms with E-state index in [9.17, 15) is 9.90 Å². The van der Waals surface area contributed by atoms with Crippen LogP contribution in [0.1, 0.15) is 21.1 Å². The number of furan rings is 1. The Hall–Kier alpha value is -2.80. The van der Waals surface area contributed by atoms with Crippen molar-refractivity contribution in [2.75, 3.05) is 31.1 Å². The number of benzene rings is 1. The molecule has 2 aromatic heterocycles. The molecular formula is C20H21N3O3S. The lowest BCUT2D eigenvalue weighted by atomic mass is 10.2. The fourth-order valence-corrected chi connectivity index (χ4v) is 4.27. The highest BCUT2D eigenvalue weighted by molar-refractivity contribution is 7.17. The molecule has 27 heavy (non-hydrogen) atoms. The molecule has 1 fully saturated rings. The molecule has 1 saturated heterocycles. The molecule has 1 aliphatic heterocycles. The molecule has 0 atom stereocenters. The minimum absolute atomic E-state index is 0.0106. The van der Waals surface area contributed by atoms with E-state index in [1.165, 1.54) is 11.3 Å². The van der Waals surface area contributed by atoms with Gasteiger partial charge in [0.15, 0.2) is 10.8 Å². The highest BCUT2D eigenvalue weighted by atomic mass is 32.1. The fourth-order valence-electron chi connectivity index (χ4n) is 3.28. The zero-order valence-corrected chi connectivity index (χ0v) is 16.1. The summed E-state index contributed by atoms with van der Waals surface area (Å²) in [5, 5.41) is 10.8. The Morgan fingerprint density at radius 2 is 1.85 bits per heavy atom. The van der Waals surface area contributed by atoms with Gasteiger partial charge in [-0.25, -0.2) is 4.98 Å². The molecule has 0 bridgehead atoms. The quantitative estimate of drug-likeness (QED) is 0.747. The van der Waals surface area contributed by atoms with Crippen molar-refractivity contribution in [2.24, 2.45) is 0 Å². The highest BCUT2D eigenvalue weighted by Crippen LogP contribution is 2.31. The third kappa shape index (κ3) is 3.42. The summed E-state index contributed by atoms with van der Waals surface area (Å²) < 4.78 is 5.63. The van der Waals surface area contributed by atoms with Crippen molar-refractivity contribution in [2.45, 2.75) is 13.8 Å². The van der Waals surface area contributed by atoms with Gasteiger partial charge in [0, 0.05) is 26.2 Å². The number of hydrogen-bond acceptors (Lipinski definition) is 6. The van der Waals surface area contributed by atoms with Gasteiger partial charge in [0.25, 0.3) is 5.91 Å². The lowest BCUT2D eigenvalue weighted by molar-refractivity contribution is 0.0750. The maximum Gasteiger partial charge on any atom is 0.265 e. The Kier molecular flexibility index (Phi) is 4.61. The first-order valence-electron chi connectivity index (χ1n) is 8.89. The summed E-state index contributed by atoms with van der Waals surface area (Å²) in [5.41, 5.74) is 1.55. The second-order valence-corrected chi connectivity index (χ2v) is 7.61. The van der Waals surface area contributed by atoms with Gasteiger partial charge in [0.2, 0.25) is 0 Å². The predicted octanol–water partition coefficient (Wildman–Crippen LogP) is 3.69. The number of carbonyl (C=O) groups is 1. The zero-order valence-electron chi connectivity index (χ0n) is 15.3. The number of nitrogens with zero attached hydrogens (tertiary/aromatic N) is 3. The Bertz CT molecular complexity index is 971. The van der Waals surface area contributed by atoms with Gasteiger partial charge in [-0.1, -0.05) is 12.1 Å². The van der Waals surface area contributed by atoms with Crippen LogP contribution in [-0.2, 0) is 0 Å². The van der Waals surface area contributed by atoms with E-state index in [1.807, 2.05) is 49.1 Å². The first-order valence-corrected chi connectivity index (χ1v) is 9.71. The van der Waals surface area contributed by atoms with Crippen molar-refractivity contribution < 1.29 is 14.3 Å². The molecule has 3 heterocycles. The summed E-state index contributed by atoms with van der Waals surface area (Å²) in [6.07, 6.45) is 0. The molecule has 0 aliphatic carbocycles. The summed E-state index contributed by atoms with van der Waals surface area (Å²) in [7, 11) is 0. The van der Waals surface area contributed by atoms with E-state index in [1.54, 1.807) is 6.07 Å². The van der Waals surface area contributed by atoms with E-state index < -0.39 is 0 Å². The van der Waals surface area contributed by atoms with Crippen molar-refractivity contribution in [1.29, 1.82) is 0 Å². The highest BCUT2D eigenvalue weighted by Gasteiger charge is 2.26. The summed E-state index contributed by atoms with van der Waals surface area (Å²) in [6, 6.07) is 11.1. The van der Waals surface area contributed by atoms with Crippen LogP contribution >= 0.6 is 11.3 Å². The first-order chi connectivity index (χ1) is 13.0. The Morgan fingerprint density at radius 3 is 2.52 bits per heavy atom. The number of anilines is 1. The predicted molar refractivity (Wildman–Crippen MR) is 106 cm³/mol. The van der Waals surface area contributed by atoms with E-state index in [2.05, 4.69) is 9.88 Å². The molecule has 1 amide bonds. The number of phenols is 1. The molecule has 7 heteroatoms. The second kappa shape index (κ2) is 7.08. The van der Waals surface area contributed by atoms with Crippen molar-refractivity contribution in [3.63, 3.8) is 0 Å². The summed E-state index contributed by atoms with van der Waals surface area (Å²) in [6.45, 7) is 6.34. The number of piperazine rings is 1. The van der Waals surface area contributed by atoms with E-state index >= 15 is 0 Å². The normalized spacial score (nSPS) is 14.6. The van der Waals surface area contributed by atoms with Crippen LogP contribution < -0.4 is 4.90 Å². The third-order valence-corrected chi connectivity index (χ3v) is 5.89. The lowest BCUT2D eigenvalue weighted by Crippen LogP contribution is -2.48. The van der Waals surface area contributed by atoms with Gasteiger partial charge < -0.3 is 19.3 Å². The van der Waals surface area contributed by atoms with Crippen LogP contribution in [0, 0.1) is 13.8 Å². The number of para-hydroxylation sites is 2. The molecule has 1 aliphatic rings. The largest absolute Gasteiger partial charge is 0.506 e. The average Bonchev–Trinajstić information content (AvgIpc) is 3.27. The summed E-state index contributed by atoms with van der Waals surface area (Å²) >= 11 is 1.38. The van der Waals surface area contributed by atoms with Gasteiger partial charge in [-0.3, -0.25) is 4.79 Å². The number of carbonyl (C=O) groups excluding carboxylic acids is 1. The maximum atomic E-state index is 13.0. The van der Waals surface area contributed by atoms with Crippen LogP contribution in [-0.4, -0.2) is 47.1 Å². The van der Waals surface area contributed by atoms with E-state index in [-0.39, 0.29) is 11.7 Å². The molecule has 3 aromatic rings. The standard InChI is InChI=1S/C20H21N3O3S/c1-13-7-8-17(26-13)19-21-14(2)18(27-19)20(25)23-11-9-22(10-12-23)15-5-3-4-6-16(15)24/h3-8,24H,9-12H2,1-2H3. The number of amides is 1. The van der Waals surface area contributed by atoms with Crippen LogP contribution in [0.2, 0.25) is 0 Å². The van der Waals surface area contributed by atoms with E-state index in [4.69, 9.17) is 4.42 Å². The van der Waals surface area contributed by atoms with Gasteiger partial charge in [-0.15, -0.1) is 11.3 Å². The smallest absolute Gasteiger partial charge is 0.265 e. The van der Waals surface area contributed by atoms with E-state index in [0.29, 0.717) is 36.8 Å². The lowest BCUT2D eigenvalue weighted by Gasteiger charge is -2.36. The van der Waals surface area contributed by atoms with Crippen molar-refractivity contribution in [1.82, 2.24) is 9.88 Å². The minimum Gasteiger partial charge on any atom is -0.506 e. The van der Waals surface area contributed by atoms with Crippen LogP contribution in [0.25, 0.3) is 10.8 Å². The third-order valence-electron chi connectivity index (χ3n) is 4.73. The van der Waals surface area contributed by atoms with Gasteiger partial charge in [0.1, 0.15) is 16.4 Å². The van der Waals surface area contributed by atoms with Crippen LogP contribution in [0.3, 0.4) is 0 Å². The number of aromatic nitrogens is 1. The van der Waals surface area contributed by atoms with Gasteiger partial charge in [-0.05, 0) is 38.1 Å². The van der Waals surface area contributed by atoms with Crippen molar-refractivity contribution in [3.05, 3.63) is 52.7 Å². The molecule has 0 spiro atoms. The number of rotatable bonds is 3. The topological polar surface area (TPSA) is 69.8 Å². The number of thiazole rings is 1. The molecule has 1 aromatic carbocycles. The minimum atomic E-state index is 0.0106. The van der Waals surface area contributed by atoms with Crippen LogP contribution in [0.4, 0.5) is 5.69 Å². The van der Waals surface area contributed by atoms with E-state index in [0.717, 1.165) is 22.1 Å². The van der Waals surface area contributed by atoms with Crippen LogP contribution in [0.15, 0.2) is 40.8 Å². The molecule has 0 saturated carbocycles. The molecule has 0 radical (unpaired) electrons. The number of hydrogen-bond donors (Lipinski definition) is 1. The fraction of sp³-hybridized carbons (Fsp3) is 0.300. The van der Waals surface area contributed by atoms with Gasteiger partial charge >= 0.3 is 0 Å². The number of aryl methyl sites for hydroxylation is 2. The first kappa shape index (κ1) is 17.6. The molecule has 0 unspecified atom stereocenters. The van der Waals surface area contributed by atoms with Crippen molar-refractivity contribution >= 4 is 22.9 Å². The van der Waals surface area contributed by atoms with Gasteiger partial charge in [-0.2, -0.15) is 0 Å². The maximum absolute atomic E-state index is 13.0. The monoisotopic (exact) mass is 383 g/mol. The average molecular weight is 383 g/mol. The molecule has 4 rings (SSSR count). The number of phenolic OH excluding ortho intramolecular Hbond substituents is 1. The Balaban J connectivity index is 1.47. The molecule has 6 nitrogen and oxygen atoms in total. The molecular weight excluding hydrogens is 362 g/mol. The second-order valence-electron chi connectivity index (χ2n) is 6.61. The van der Waals surface area contributed by atoms with Crippen LogP contribution in [0.5, 0.6) is 5.75 Å². The SMILES string of the molecule is Cc1ccc(-c2nc(C)c(C(=O)N3CCN(c4ccccc4O)CC3)s2)o1. The summed E-state index contributed by atoms with van der Waals surface area (Å²) in [5.74, 6) is 1.81. The van der Waals surface area contributed by atoms with Crippen molar-refractivity contribution in [3.8, 4) is 16.5 Å². The zero-order chi connectivity index (χ0) is 19.0. The summed E-state index contributed by atoms with van der Waals surface area (Å²) in [4.78, 5) is 22.1. The Morgan fingerprint density at radius 1 is 1.11 bits per heavy atom. The Labute approximate surface area is 161 Å². The molecule has 1 N–H and O–H groups in total. The number of aromatic hydroxyl groups is 1. The molecule has 140 valence electrons. The van der Waals surface area contributed by atoms with Gasteiger partial charge in [0.05, 0.1) is 11.4 Å².